The summed E-state index contributed by atoms with van der Waals surface area (Å²) in [6, 6.07) is 13.0. The molecule has 5 rings (SSSR count). The van der Waals surface area contributed by atoms with Crippen LogP contribution in [0.15, 0.2) is 69.7 Å². The van der Waals surface area contributed by atoms with E-state index in [0.29, 0.717) is 36.0 Å². The van der Waals surface area contributed by atoms with Crippen LogP contribution in [-0.4, -0.2) is 45.1 Å². The maximum absolute atomic E-state index is 14.8. The smallest absolute Gasteiger partial charge is 0.269 e. The van der Waals surface area contributed by atoms with Gasteiger partial charge in [-0.15, -0.1) is 0 Å². The molecule has 2 aromatic carbocycles. The lowest BCUT2D eigenvalue weighted by Gasteiger charge is -2.42. The van der Waals surface area contributed by atoms with E-state index in [1.807, 2.05) is 45.9 Å². The first-order valence-corrected chi connectivity index (χ1v) is 12.4. The van der Waals surface area contributed by atoms with Gasteiger partial charge in [0.1, 0.15) is 28.5 Å². The van der Waals surface area contributed by atoms with E-state index in [2.05, 4.69) is 20.9 Å². The molecule has 3 N–H and O–H groups in total. The summed E-state index contributed by atoms with van der Waals surface area (Å²) in [5, 5.41) is 9.76. The molecule has 1 aromatic heterocycles. The Labute approximate surface area is 214 Å². The molecule has 37 heavy (non-hydrogen) atoms. The molecule has 1 amide bonds. The molecule has 0 aliphatic carbocycles. The third-order valence-electron chi connectivity index (χ3n) is 6.85. The molecule has 0 spiro atoms. The zero-order valence-corrected chi connectivity index (χ0v) is 21.2. The molecule has 2 unspecified atom stereocenters. The van der Waals surface area contributed by atoms with Crippen molar-refractivity contribution in [2.45, 2.75) is 51.9 Å². The molecule has 0 bridgehead atoms. The lowest BCUT2D eigenvalue weighted by atomic mass is 9.95. The lowest BCUT2D eigenvalue weighted by Crippen LogP contribution is -2.60. The van der Waals surface area contributed by atoms with Gasteiger partial charge in [0, 0.05) is 6.04 Å². The number of aliphatic imine (C=N–C) groups is 1. The van der Waals surface area contributed by atoms with Crippen LogP contribution in [0, 0.1) is 5.82 Å². The highest BCUT2D eigenvalue weighted by molar-refractivity contribution is 5.98. The Morgan fingerprint density at radius 3 is 2.59 bits per heavy atom. The van der Waals surface area contributed by atoms with Crippen molar-refractivity contribution in [1.82, 2.24) is 30.4 Å². The highest BCUT2D eigenvalue weighted by Crippen LogP contribution is 2.32. The van der Waals surface area contributed by atoms with Gasteiger partial charge in [0.05, 0.1) is 35.8 Å². The number of aromatic nitrogens is 2. The monoisotopic (exact) mass is 503 g/mol. The standard InChI is InChI=1S/C27H30FN7O2/c1-5-19(33-27(4)22-23(29-14-31-27)30-15-34(16(2)3)26(22)37)24-32-20-13-9-12-18(28)21(20)25(36)35(24)17-10-7-6-8-11-17/h6-14,16,19,30,33H,5,15H2,1-4H3,(H,29,31). The number of benzene rings is 2. The van der Waals surface area contributed by atoms with Crippen molar-refractivity contribution in [1.29, 1.82) is 0 Å². The molecule has 3 heterocycles. The number of carbonyl (C=O) groups excluding carboxylic acids is 1. The van der Waals surface area contributed by atoms with Crippen LogP contribution in [0.5, 0.6) is 0 Å². The quantitative estimate of drug-likeness (QED) is 0.478. The molecule has 192 valence electrons. The first kappa shape index (κ1) is 24.6. The minimum absolute atomic E-state index is 0.00788. The normalized spacial score (nSPS) is 20.2. The molecule has 0 saturated heterocycles. The van der Waals surface area contributed by atoms with Gasteiger partial charge in [-0.2, -0.15) is 0 Å². The van der Waals surface area contributed by atoms with Gasteiger partial charge in [0.2, 0.25) is 0 Å². The number of hydrogen-bond acceptors (Lipinski definition) is 7. The van der Waals surface area contributed by atoms with E-state index in [1.54, 1.807) is 29.4 Å². The SMILES string of the molecule is CCC(NC1(C)N=CNC2=C1C(=O)N(C(C)C)CN2)c1nc2cccc(F)c2c(=O)n1-c1ccccc1. The van der Waals surface area contributed by atoms with Crippen LogP contribution < -0.4 is 21.5 Å². The van der Waals surface area contributed by atoms with E-state index in [4.69, 9.17) is 4.98 Å². The molecular weight excluding hydrogens is 473 g/mol. The minimum Gasteiger partial charge on any atom is -0.354 e. The van der Waals surface area contributed by atoms with E-state index >= 15 is 0 Å². The Kier molecular flexibility index (Phi) is 6.28. The fourth-order valence-electron chi connectivity index (χ4n) is 4.92. The van der Waals surface area contributed by atoms with Crippen LogP contribution in [0.3, 0.4) is 0 Å². The van der Waals surface area contributed by atoms with Crippen molar-refractivity contribution >= 4 is 23.1 Å². The number of nitrogens with zero attached hydrogens (tertiary/aromatic N) is 4. The number of carbonyl (C=O) groups is 1. The van der Waals surface area contributed by atoms with Crippen LogP contribution in [0.1, 0.15) is 46.0 Å². The summed E-state index contributed by atoms with van der Waals surface area (Å²) in [7, 11) is 0. The van der Waals surface area contributed by atoms with Crippen LogP contribution in [-0.2, 0) is 4.79 Å². The topological polar surface area (TPSA) is 104 Å². The van der Waals surface area contributed by atoms with Crippen molar-refractivity contribution in [3.8, 4) is 5.69 Å². The third kappa shape index (κ3) is 4.17. The van der Waals surface area contributed by atoms with Gasteiger partial charge in [-0.1, -0.05) is 31.2 Å². The summed E-state index contributed by atoms with van der Waals surface area (Å²) in [5.74, 6) is 0.248. The number of halogens is 1. The van der Waals surface area contributed by atoms with Gasteiger partial charge in [-0.3, -0.25) is 19.5 Å². The second kappa shape index (κ2) is 9.44. The van der Waals surface area contributed by atoms with Crippen LogP contribution in [0.25, 0.3) is 16.6 Å². The van der Waals surface area contributed by atoms with Crippen molar-refractivity contribution in [3.63, 3.8) is 0 Å². The van der Waals surface area contributed by atoms with E-state index < -0.39 is 23.1 Å². The fourth-order valence-corrected chi connectivity index (χ4v) is 4.92. The lowest BCUT2D eigenvalue weighted by molar-refractivity contribution is -0.131. The Hall–Kier alpha value is -4.05. The van der Waals surface area contributed by atoms with Crippen LogP contribution >= 0.6 is 0 Å². The average Bonchev–Trinajstić information content (AvgIpc) is 2.87. The van der Waals surface area contributed by atoms with E-state index in [-0.39, 0.29) is 22.9 Å². The van der Waals surface area contributed by atoms with Gasteiger partial charge in [0.15, 0.2) is 0 Å². The molecule has 0 fully saturated rings. The maximum atomic E-state index is 14.8. The van der Waals surface area contributed by atoms with Crippen LogP contribution in [0.4, 0.5) is 4.39 Å². The van der Waals surface area contributed by atoms with Gasteiger partial charge in [0.25, 0.3) is 11.5 Å². The molecule has 9 nitrogen and oxygen atoms in total. The second-order valence-corrected chi connectivity index (χ2v) is 9.61. The average molecular weight is 504 g/mol. The first-order chi connectivity index (χ1) is 17.7. The van der Waals surface area contributed by atoms with Crippen molar-refractivity contribution in [2.24, 2.45) is 4.99 Å². The second-order valence-electron chi connectivity index (χ2n) is 9.61. The van der Waals surface area contributed by atoms with Crippen molar-refractivity contribution in [3.05, 3.63) is 81.9 Å². The number of fused-ring (bicyclic) bond motifs is 1. The van der Waals surface area contributed by atoms with Gasteiger partial charge in [-0.25, -0.2) is 14.4 Å². The molecule has 2 atom stereocenters. The summed E-state index contributed by atoms with van der Waals surface area (Å²) < 4.78 is 16.2. The number of nitrogens with one attached hydrogen (secondary N) is 3. The zero-order chi connectivity index (χ0) is 26.3. The predicted octanol–water partition coefficient (Wildman–Crippen LogP) is 2.92. The van der Waals surface area contributed by atoms with Crippen molar-refractivity contribution in [2.75, 3.05) is 6.67 Å². The maximum Gasteiger partial charge on any atom is 0.269 e. The Morgan fingerprint density at radius 1 is 1.14 bits per heavy atom. The third-order valence-corrected chi connectivity index (χ3v) is 6.85. The predicted molar refractivity (Wildman–Crippen MR) is 141 cm³/mol. The fraction of sp³-hybridized carbons (Fsp3) is 0.333. The van der Waals surface area contributed by atoms with E-state index in [0.717, 1.165) is 0 Å². The molecule has 2 aliphatic heterocycles. The minimum atomic E-state index is -1.12. The molecule has 0 saturated carbocycles. The first-order valence-electron chi connectivity index (χ1n) is 12.4. The van der Waals surface area contributed by atoms with Gasteiger partial charge in [-0.05, 0) is 51.5 Å². The number of para-hydroxylation sites is 1. The van der Waals surface area contributed by atoms with Crippen molar-refractivity contribution < 1.29 is 9.18 Å². The Balaban J connectivity index is 1.66. The number of hydrogen-bond donors (Lipinski definition) is 3. The van der Waals surface area contributed by atoms with Crippen LogP contribution in [0.2, 0.25) is 0 Å². The Bertz CT molecular complexity index is 1480. The summed E-state index contributed by atoms with van der Waals surface area (Å²) in [6.07, 6.45) is 2.08. The summed E-state index contributed by atoms with van der Waals surface area (Å²) >= 11 is 0. The summed E-state index contributed by atoms with van der Waals surface area (Å²) in [4.78, 5) is 38.4. The molecule has 3 aromatic rings. The highest BCUT2D eigenvalue weighted by Gasteiger charge is 2.44. The van der Waals surface area contributed by atoms with E-state index in [9.17, 15) is 14.0 Å². The summed E-state index contributed by atoms with van der Waals surface area (Å²) in [6.45, 7) is 8.09. The molecule has 2 aliphatic rings. The number of amides is 1. The Morgan fingerprint density at radius 2 is 1.89 bits per heavy atom. The molecular formula is C27H30FN7O2. The zero-order valence-electron chi connectivity index (χ0n) is 21.2. The highest BCUT2D eigenvalue weighted by atomic mass is 19.1. The van der Waals surface area contributed by atoms with Gasteiger partial charge < -0.3 is 15.5 Å². The molecule has 0 radical (unpaired) electrons. The van der Waals surface area contributed by atoms with E-state index in [1.165, 1.54) is 16.7 Å². The number of rotatable bonds is 6. The molecule has 10 heteroatoms. The largest absolute Gasteiger partial charge is 0.354 e. The van der Waals surface area contributed by atoms with Gasteiger partial charge >= 0.3 is 0 Å². The summed E-state index contributed by atoms with van der Waals surface area (Å²) in [5.41, 5.74) is -0.318.